The number of amides is 1. The first kappa shape index (κ1) is 18.5. The summed E-state index contributed by atoms with van der Waals surface area (Å²) in [7, 11) is 0. The summed E-state index contributed by atoms with van der Waals surface area (Å²) in [5.74, 6) is 1.12. The molecule has 6 nitrogen and oxygen atoms in total. The van der Waals surface area contributed by atoms with Crippen LogP contribution in [0.3, 0.4) is 0 Å². The first-order valence-electron chi connectivity index (χ1n) is 9.98. The molecule has 0 radical (unpaired) electrons. The van der Waals surface area contributed by atoms with Crippen LogP contribution in [-0.4, -0.2) is 44.3 Å². The molecule has 1 unspecified atom stereocenters. The molecular weight excluding hydrogens is 350 g/mol. The predicted octanol–water partition coefficient (Wildman–Crippen LogP) is 3.88. The Bertz CT molecular complexity index is 976. The van der Waals surface area contributed by atoms with E-state index in [9.17, 15) is 4.79 Å². The van der Waals surface area contributed by atoms with Crippen LogP contribution < -0.4 is 5.32 Å². The topological polar surface area (TPSA) is 62.5 Å². The minimum atomic E-state index is 0.0275. The Labute approximate surface area is 165 Å². The Kier molecular flexibility index (Phi) is 5.03. The third kappa shape index (κ3) is 3.59. The summed E-state index contributed by atoms with van der Waals surface area (Å²) in [5.41, 5.74) is 3.79. The summed E-state index contributed by atoms with van der Waals surface area (Å²) < 4.78 is 1.79. The van der Waals surface area contributed by atoms with Crippen LogP contribution in [0.15, 0.2) is 42.7 Å². The molecule has 0 bridgehead atoms. The van der Waals surface area contributed by atoms with Crippen LogP contribution in [0.1, 0.15) is 54.4 Å². The molecule has 1 aromatic carbocycles. The average molecular weight is 377 g/mol. The summed E-state index contributed by atoms with van der Waals surface area (Å²) in [6.45, 7) is 7.74. The van der Waals surface area contributed by atoms with Gasteiger partial charge in [-0.25, -0.2) is 9.97 Å². The van der Waals surface area contributed by atoms with Gasteiger partial charge in [0.25, 0.3) is 5.91 Å². The lowest BCUT2D eigenvalue weighted by Gasteiger charge is -2.33. The van der Waals surface area contributed by atoms with Gasteiger partial charge in [-0.3, -0.25) is 9.20 Å². The highest BCUT2D eigenvalue weighted by Gasteiger charge is 2.28. The number of aryl methyl sites for hydroxylation is 1. The zero-order valence-electron chi connectivity index (χ0n) is 16.7. The van der Waals surface area contributed by atoms with Crippen molar-refractivity contribution < 1.29 is 4.79 Å². The van der Waals surface area contributed by atoms with Gasteiger partial charge in [-0.05, 0) is 49.4 Å². The van der Waals surface area contributed by atoms with E-state index in [0.717, 1.165) is 30.8 Å². The molecule has 2 aromatic heterocycles. The molecular formula is C22H27N5O. The molecule has 3 heterocycles. The van der Waals surface area contributed by atoms with E-state index in [4.69, 9.17) is 0 Å². The van der Waals surface area contributed by atoms with Gasteiger partial charge < -0.3 is 10.2 Å². The van der Waals surface area contributed by atoms with Gasteiger partial charge in [-0.15, -0.1) is 0 Å². The molecule has 4 rings (SSSR count). The molecule has 1 aliphatic rings. The monoisotopic (exact) mass is 377 g/mol. The van der Waals surface area contributed by atoms with E-state index in [1.54, 1.807) is 10.6 Å². The Hall–Kier alpha value is -2.89. The van der Waals surface area contributed by atoms with Crippen molar-refractivity contribution in [3.63, 3.8) is 0 Å². The zero-order valence-corrected chi connectivity index (χ0v) is 16.7. The summed E-state index contributed by atoms with van der Waals surface area (Å²) in [4.78, 5) is 23.8. The normalized spacial score (nSPS) is 17.3. The fourth-order valence-electron chi connectivity index (χ4n) is 3.88. The van der Waals surface area contributed by atoms with Crippen LogP contribution in [0.5, 0.6) is 0 Å². The Morgan fingerprint density at radius 2 is 2.04 bits per heavy atom. The quantitative estimate of drug-likeness (QED) is 0.749. The van der Waals surface area contributed by atoms with Crippen molar-refractivity contribution in [3.8, 4) is 0 Å². The highest BCUT2D eigenvalue weighted by molar-refractivity contribution is 5.94. The van der Waals surface area contributed by atoms with Gasteiger partial charge in [0.05, 0.1) is 5.69 Å². The summed E-state index contributed by atoms with van der Waals surface area (Å²) in [5, 5.41) is 3.60. The zero-order chi connectivity index (χ0) is 19.7. The molecule has 0 aliphatic carbocycles. The number of rotatable bonds is 4. The molecule has 0 saturated carbocycles. The number of carbonyl (C=O) groups is 1. The number of piperidine rings is 1. The first-order valence-corrected chi connectivity index (χ1v) is 9.98. The molecule has 1 aliphatic heterocycles. The van der Waals surface area contributed by atoms with E-state index >= 15 is 0 Å². The van der Waals surface area contributed by atoms with Crippen molar-refractivity contribution >= 4 is 17.4 Å². The van der Waals surface area contributed by atoms with E-state index in [1.807, 2.05) is 24.1 Å². The van der Waals surface area contributed by atoms with Gasteiger partial charge in [-0.1, -0.05) is 26.0 Å². The van der Waals surface area contributed by atoms with Crippen LogP contribution in [0.25, 0.3) is 5.78 Å². The number of nitrogens with zero attached hydrogens (tertiary/aromatic N) is 4. The molecule has 28 heavy (non-hydrogen) atoms. The highest BCUT2D eigenvalue weighted by atomic mass is 16.2. The van der Waals surface area contributed by atoms with Crippen molar-refractivity contribution in [1.29, 1.82) is 0 Å². The Morgan fingerprint density at radius 1 is 1.25 bits per heavy atom. The van der Waals surface area contributed by atoms with Crippen LogP contribution in [-0.2, 0) is 0 Å². The van der Waals surface area contributed by atoms with E-state index in [1.165, 1.54) is 5.56 Å². The molecule has 3 aromatic rings. The summed E-state index contributed by atoms with van der Waals surface area (Å²) in [6, 6.07) is 10.7. The maximum absolute atomic E-state index is 13.2. The lowest BCUT2D eigenvalue weighted by Crippen LogP contribution is -2.45. The number of aromatic nitrogens is 3. The summed E-state index contributed by atoms with van der Waals surface area (Å²) in [6.07, 6.45) is 5.60. The number of nitrogens with one attached hydrogen (secondary N) is 1. The van der Waals surface area contributed by atoms with E-state index < -0.39 is 0 Å². The largest absolute Gasteiger partial charge is 0.381 e. The van der Waals surface area contributed by atoms with Gasteiger partial charge >= 0.3 is 0 Å². The van der Waals surface area contributed by atoms with Gasteiger partial charge in [-0.2, -0.15) is 0 Å². The molecule has 1 atom stereocenters. The van der Waals surface area contributed by atoms with Crippen molar-refractivity contribution in [1.82, 2.24) is 19.3 Å². The number of anilines is 1. The number of carbonyl (C=O) groups excluding carboxylic acids is 1. The van der Waals surface area contributed by atoms with Crippen LogP contribution in [0, 0.1) is 6.92 Å². The smallest absolute Gasteiger partial charge is 0.272 e. The second-order valence-corrected chi connectivity index (χ2v) is 7.85. The molecule has 1 fully saturated rings. The fourth-order valence-corrected chi connectivity index (χ4v) is 3.88. The minimum Gasteiger partial charge on any atom is -0.381 e. The predicted molar refractivity (Wildman–Crippen MR) is 111 cm³/mol. The number of hydrogen-bond acceptors (Lipinski definition) is 4. The van der Waals surface area contributed by atoms with Crippen molar-refractivity contribution in [3.05, 3.63) is 59.7 Å². The number of benzene rings is 1. The van der Waals surface area contributed by atoms with E-state index in [2.05, 4.69) is 53.4 Å². The van der Waals surface area contributed by atoms with Crippen molar-refractivity contribution in [2.75, 3.05) is 18.4 Å². The molecule has 1 amide bonds. The lowest BCUT2D eigenvalue weighted by atomic mass is 10.0. The van der Waals surface area contributed by atoms with Crippen molar-refractivity contribution in [2.45, 2.75) is 45.6 Å². The molecule has 146 valence electrons. The van der Waals surface area contributed by atoms with Crippen LogP contribution in [0.4, 0.5) is 5.69 Å². The van der Waals surface area contributed by atoms with Crippen molar-refractivity contribution in [2.24, 2.45) is 0 Å². The highest BCUT2D eigenvalue weighted by Crippen LogP contribution is 2.22. The minimum absolute atomic E-state index is 0.0275. The molecule has 1 saturated heterocycles. The number of likely N-dealkylation sites (tertiary alicyclic amines) is 1. The second kappa shape index (κ2) is 7.62. The Balaban J connectivity index is 1.48. The number of hydrogen-bond donors (Lipinski definition) is 1. The maximum atomic E-state index is 13.2. The van der Waals surface area contributed by atoms with Crippen LogP contribution >= 0.6 is 0 Å². The molecule has 6 heteroatoms. The van der Waals surface area contributed by atoms with E-state index in [0.29, 0.717) is 23.9 Å². The lowest BCUT2D eigenvalue weighted by molar-refractivity contribution is 0.0707. The Morgan fingerprint density at radius 3 is 2.79 bits per heavy atom. The van der Waals surface area contributed by atoms with Crippen LogP contribution in [0.2, 0.25) is 0 Å². The van der Waals surface area contributed by atoms with E-state index in [-0.39, 0.29) is 11.9 Å². The summed E-state index contributed by atoms with van der Waals surface area (Å²) >= 11 is 0. The fraction of sp³-hybridized carbons (Fsp3) is 0.409. The third-order valence-electron chi connectivity index (χ3n) is 5.44. The average Bonchev–Trinajstić information content (AvgIpc) is 3.03. The standard InChI is InChI=1S/C22H27N5O/c1-15(2)17-7-9-18(10-8-17)25-19-6-4-12-26(14-19)21(28)20-16(3)24-22-23-11-5-13-27(20)22/h5,7-11,13,15,19,25H,4,6,12,14H2,1-3H3. The number of fused-ring (bicyclic) bond motifs is 1. The first-order chi connectivity index (χ1) is 13.5. The SMILES string of the molecule is Cc1nc2ncccn2c1C(=O)N1CCCC(Nc2ccc(C(C)C)cc2)C1. The second-order valence-electron chi connectivity index (χ2n) is 7.85. The van der Waals surface area contributed by atoms with Gasteiger partial charge in [0.2, 0.25) is 5.78 Å². The molecule has 1 N–H and O–H groups in total. The van der Waals surface area contributed by atoms with Gasteiger partial charge in [0.15, 0.2) is 0 Å². The van der Waals surface area contributed by atoms with Gasteiger partial charge in [0.1, 0.15) is 5.69 Å². The maximum Gasteiger partial charge on any atom is 0.272 e. The molecule has 0 spiro atoms. The third-order valence-corrected chi connectivity index (χ3v) is 5.44. The van der Waals surface area contributed by atoms with Gasteiger partial charge in [0, 0.05) is 37.2 Å². The number of imidazole rings is 1.